The predicted molar refractivity (Wildman–Crippen MR) is 53.0 cm³/mol. The molecule has 15 heavy (non-hydrogen) atoms. The van der Waals surface area contributed by atoms with Crippen LogP contribution in [0.3, 0.4) is 0 Å². The molecule has 2 atom stereocenters. The quantitative estimate of drug-likeness (QED) is 0.664. The van der Waals surface area contributed by atoms with Crippen molar-refractivity contribution in [3.8, 4) is 0 Å². The monoisotopic (exact) mass is 210 g/mol. The molecule has 0 aromatic carbocycles. The van der Waals surface area contributed by atoms with Gasteiger partial charge in [-0.05, 0) is 24.1 Å². The number of aryl methyl sites for hydroxylation is 1. The van der Waals surface area contributed by atoms with Crippen molar-refractivity contribution < 1.29 is 4.79 Å². The maximum absolute atomic E-state index is 11.7. The molecule has 1 amide bonds. The van der Waals surface area contributed by atoms with E-state index in [0.717, 1.165) is 13.0 Å². The van der Waals surface area contributed by atoms with Gasteiger partial charge in [-0.25, -0.2) is 0 Å². The van der Waals surface area contributed by atoms with Gasteiger partial charge in [-0.15, -0.1) is 5.10 Å². The Hall–Kier alpha value is -1.50. The Morgan fingerprint density at radius 1 is 1.67 bits per heavy atom. The van der Waals surface area contributed by atoms with Crippen LogP contribution in [0.1, 0.15) is 13.3 Å². The van der Waals surface area contributed by atoms with Crippen LogP contribution in [0.4, 0.5) is 5.95 Å². The van der Waals surface area contributed by atoms with Crippen molar-refractivity contribution in [2.75, 3.05) is 11.9 Å². The molecule has 0 bridgehead atoms. The number of nitrogens with one attached hydrogen (secondary N) is 2. The van der Waals surface area contributed by atoms with Crippen molar-refractivity contribution in [1.29, 1.82) is 0 Å². The summed E-state index contributed by atoms with van der Waals surface area (Å²) in [5.41, 5.74) is 0. The highest BCUT2D eigenvalue weighted by molar-refractivity contribution is 5.93. The van der Waals surface area contributed by atoms with Gasteiger partial charge in [0.2, 0.25) is 5.91 Å². The maximum Gasteiger partial charge on any atom is 0.270 e. The normalized spacial score (nSPS) is 25.5. The number of hydrogen-bond donors (Lipinski definition) is 2. The fourth-order valence-electron chi connectivity index (χ4n) is 1.71. The number of rotatable bonds is 2. The highest BCUT2D eigenvalue weighted by Gasteiger charge is 2.29. The fourth-order valence-corrected chi connectivity index (χ4v) is 1.71. The van der Waals surface area contributed by atoms with Gasteiger partial charge < -0.3 is 5.32 Å². The molecule has 1 aliphatic heterocycles. The fraction of sp³-hybridized carbons (Fsp3) is 0.750. The van der Waals surface area contributed by atoms with Gasteiger partial charge >= 0.3 is 0 Å². The molecule has 1 aromatic rings. The molecule has 0 aliphatic carbocycles. The van der Waals surface area contributed by atoms with Gasteiger partial charge in [-0.1, -0.05) is 12.0 Å². The summed E-state index contributed by atoms with van der Waals surface area (Å²) < 4.78 is 0. The van der Waals surface area contributed by atoms with Gasteiger partial charge in [0.1, 0.15) is 0 Å². The average molecular weight is 210 g/mol. The molecular formula is C8H14N6O. The van der Waals surface area contributed by atoms with E-state index in [9.17, 15) is 4.79 Å². The minimum Gasteiger partial charge on any atom is -0.306 e. The van der Waals surface area contributed by atoms with Crippen molar-refractivity contribution in [3.63, 3.8) is 0 Å². The topological polar surface area (TPSA) is 84.7 Å². The average Bonchev–Trinajstić information content (AvgIpc) is 2.75. The van der Waals surface area contributed by atoms with E-state index >= 15 is 0 Å². The van der Waals surface area contributed by atoms with Crippen LogP contribution < -0.4 is 10.6 Å². The minimum atomic E-state index is -0.145. The second kappa shape index (κ2) is 3.93. The summed E-state index contributed by atoms with van der Waals surface area (Å²) in [5.74, 6) is 0.512. The van der Waals surface area contributed by atoms with Crippen LogP contribution in [0.25, 0.3) is 0 Å². The van der Waals surface area contributed by atoms with E-state index in [-0.39, 0.29) is 17.9 Å². The largest absolute Gasteiger partial charge is 0.306 e. The first kappa shape index (κ1) is 10.0. The molecule has 1 aromatic heterocycles. The maximum atomic E-state index is 11.7. The summed E-state index contributed by atoms with van der Waals surface area (Å²) in [6.07, 6.45) is 1.02. The smallest absolute Gasteiger partial charge is 0.270 e. The first-order valence-corrected chi connectivity index (χ1v) is 4.95. The lowest BCUT2D eigenvalue weighted by atomic mass is 10.0. The molecule has 2 unspecified atom stereocenters. The molecule has 7 heteroatoms. The number of hydrogen-bond acceptors (Lipinski definition) is 5. The number of carbonyl (C=O) groups excluding carboxylic acids is 1. The zero-order valence-corrected chi connectivity index (χ0v) is 8.77. The molecule has 0 spiro atoms. The summed E-state index contributed by atoms with van der Waals surface area (Å²) >= 11 is 0. The second-order valence-electron chi connectivity index (χ2n) is 3.79. The van der Waals surface area contributed by atoms with E-state index in [0.29, 0.717) is 5.92 Å². The molecule has 2 rings (SSSR count). The third-order valence-electron chi connectivity index (χ3n) is 2.56. The Morgan fingerprint density at radius 3 is 3.00 bits per heavy atom. The van der Waals surface area contributed by atoms with Gasteiger partial charge in [0, 0.05) is 0 Å². The van der Waals surface area contributed by atoms with Crippen LogP contribution in [0.5, 0.6) is 0 Å². The lowest BCUT2D eigenvalue weighted by molar-refractivity contribution is -0.118. The van der Waals surface area contributed by atoms with E-state index < -0.39 is 0 Å². The van der Waals surface area contributed by atoms with E-state index in [1.54, 1.807) is 7.05 Å². The first-order valence-electron chi connectivity index (χ1n) is 4.95. The second-order valence-corrected chi connectivity index (χ2v) is 3.79. The summed E-state index contributed by atoms with van der Waals surface area (Å²) in [7, 11) is 1.65. The lowest BCUT2D eigenvalue weighted by Crippen LogP contribution is -2.39. The van der Waals surface area contributed by atoms with E-state index in [2.05, 4.69) is 26.0 Å². The van der Waals surface area contributed by atoms with Crippen LogP contribution in [0.2, 0.25) is 0 Å². The number of carbonyl (C=O) groups is 1. The molecule has 2 N–H and O–H groups in total. The number of amides is 1. The minimum absolute atomic E-state index is 0.0898. The predicted octanol–water partition coefficient (Wildman–Crippen LogP) is -0.853. The van der Waals surface area contributed by atoms with E-state index in [1.807, 2.05) is 6.92 Å². The molecule has 0 saturated carbocycles. The Balaban J connectivity index is 1.97. The molecule has 1 fully saturated rings. The van der Waals surface area contributed by atoms with Gasteiger partial charge in [0.25, 0.3) is 5.95 Å². The van der Waals surface area contributed by atoms with Crippen molar-refractivity contribution in [2.45, 2.75) is 19.4 Å². The number of nitrogens with zero attached hydrogens (tertiary/aromatic N) is 4. The van der Waals surface area contributed by atoms with Crippen molar-refractivity contribution in [1.82, 2.24) is 25.5 Å². The third-order valence-corrected chi connectivity index (χ3v) is 2.56. The molecule has 0 radical (unpaired) electrons. The summed E-state index contributed by atoms with van der Waals surface area (Å²) in [6, 6.07) is -0.145. The standard InChI is InChI=1S/C8H14N6O/c1-5-3-4-9-6(5)7(15)10-8-11-13-14(2)12-8/h5-6,9H,3-4H2,1-2H3,(H,10,12,15). The molecule has 82 valence electrons. The number of anilines is 1. The Bertz CT molecular complexity index is 362. The van der Waals surface area contributed by atoms with E-state index in [4.69, 9.17) is 0 Å². The molecule has 1 aliphatic rings. The number of aromatic nitrogens is 4. The SMILES string of the molecule is CC1CCNC1C(=O)Nc1nnn(C)n1. The molecule has 2 heterocycles. The molecule has 1 saturated heterocycles. The van der Waals surface area contributed by atoms with Crippen LogP contribution >= 0.6 is 0 Å². The Morgan fingerprint density at radius 2 is 2.47 bits per heavy atom. The van der Waals surface area contributed by atoms with Crippen LogP contribution in [0, 0.1) is 5.92 Å². The van der Waals surface area contributed by atoms with E-state index in [1.165, 1.54) is 4.80 Å². The van der Waals surface area contributed by atoms with Crippen molar-refractivity contribution in [2.24, 2.45) is 13.0 Å². The number of tetrazole rings is 1. The lowest BCUT2D eigenvalue weighted by Gasteiger charge is -2.13. The highest BCUT2D eigenvalue weighted by atomic mass is 16.2. The third kappa shape index (κ3) is 2.12. The highest BCUT2D eigenvalue weighted by Crippen LogP contribution is 2.15. The summed E-state index contributed by atoms with van der Waals surface area (Å²) in [4.78, 5) is 13.1. The molecular weight excluding hydrogens is 196 g/mol. The zero-order chi connectivity index (χ0) is 10.8. The van der Waals surface area contributed by atoms with Gasteiger partial charge in [0.15, 0.2) is 0 Å². The van der Waals surface area contributed by atoms with Gasteiger partial charge in [-0.2, -0.15) is 4.80 Å². The van der Waals surface area contributed by atoms with Crippen molar-refractivity contribution in [3.05, 3.63) is 0 Å². The van der Waals surface area contributed by atoms with Gasteiger partial charge in [-0.3, -0.25) is 10.1 Å². The zero-order valence-electron chi connectivity index (χ0n) is 8.77. The summed E-state index contributed by atoms with van der Waals surface area (Å²) in [5, 5.41) is 17.0. The van der Waals surface area contributed by atoms with Gasteiger partial charge in [0.05, 0.1) is 13.1 Å². The summed E-state index contributed by atoms with van der Waals surface area (Å²) in [6.45, 7) is 2.93. The first-order chi connectivity index (χ1) is 7.16. The van der Waals surface area contributed by atoms with Crippen LogP contribution in [-0.2, 0) is 11.8 Å². The van der Waals surface area contributed by atoms with Crippen LogP contribution in [0.15, 0.2) is 0 Å². The molecule has 7 nitrogen and oxygen atoms in total. The Labute approximate surface area is 87.2 Å². The van der Waals surface area contributed by atoms with Crippen LogP contribution in [-0.4, -0.2) is 38.7 Å². The van der Waals surface area contributed by atoms with Crippen molar-refractivity contribution >= 4 is 11.9 Å². The Kier molecular flexibility index (Phi) is 2.63.